The molecule has 2 unspecified atom stereocenters. The minimum Gasteiger partial charge on any atom is -0.462 e. The molecule has 0 spiro atoms. The molecule has 1 fully saturated rings. The SMILES string of the molecule is CCCCCCCOC(=O)c1cccc(N2C(=O)C3C(C2=O)C2(Br)c4ccccc4C3(Br)c3ccccc32)c1. The van der Waals surface area contributed by atoms with Crippen LogP contribution in [-0.2, 0) is 23.0 Å². The summed E-state index contributed by atoms with van der Waals surface area (Å²) in [5.41, 5.74) is 4.66. The van der Waals surface area contributed by atoms with Crippen molar-refractivity contribution in [3.05, 3.63) is 101 Å². The number of hydrogen-bond donors (Lipinski definition) is 0. The van der Waals surface area contributed by atoms with Gasteiger partial charge in [-0.1, -0.05) is 119 Å². The first-order valence-electron chi connectivity index (χ1n) is 13.6. The highest BCUT2D eigenvalue weighted by Crippen LogP contribution is 2.70. The van der Waals surface area contributed by atoms with E-state index in [0.29, 0.717) is 17.9 Å². The number of ether oxygens (including phenoxy) is 1. The van der Waals surface area contributed by atoms with Crippen molar-refractivity contribution >= 4 is 55.3 Å². The van der Waals surface area contributed by atoms with Crippen LogP contribution in [0.5, 0.6) is 0 Å². The Kier molecular flexibility index (Phi) is 6.79. The summed E-state index contributed by atoms with van der Waals surface area (Å²) in [4.78, 5) is 42.5. The Morgan fingerprint density at radius 3 is 1.79 bits per heavy atom. The van der Waals surface area contributed by atoms with Gasteiger partial charge in [-0.25, -0.2) is 9.69 Å². The van der Waals surface area contributed by atoms with E-state index in [9.17, 15) is 14.4 Å². The van der Waals surface area contributed by atoms with Gasteiger partial charge in [-0.05, 0) is 46.9 Å². The summed E-state index contributed by atoms with van der Waals surface area (Å²) in [6.45, 7) is 2.52. The lowest BCUT2D eigenvalue weighted by Crippen LogP contribution is -2.56. The number of halogens is 2. The normalized spacial score (nSPS) is 26.3. The van der Waals surface area contributed by atoms with Crippen LogP contribution in [0.1, 0.15) is 71.6 Å². The number of unbranched alkanes of at least 4 members (excludes halogenated alkanes) is 4. The van der Waals surface area contributed by atoms with E-state index in [2.05, 4.69) is 38.8 Å². The number of carbonyl (C=O) groups excluding carboxylic acids is 3. The number of hydrogen-bond acceptors (Lipinski definition) is 4. The minimum atomic E-state index is -0.851. The summed E-state index contributed by atoms with van der Waals surface area (Å²) in [7, 11) is 0. The molecule has 5 nitrogen and oxygen atoms in total. The number of rotatable bonds is 8. The third-order valence-electron chi connectivity index (χ3n) is 8.41. The van der Waals surface area contributed by atoms with Crippen LogP contribution in [0.25, 0.3) is 0 Å². The van der Waals surface area contributed by atoms with Crippen molar-refractivity contribution in [1.82, 2.24) is 0 Å². The fraction of sp³-hybridized carbons (Fsp3) is 0.344. The molecule has 3 aliphatic carbocycles. The Morgan fingerprint density at radius 2 is 1.28 bits per heavy atom. The van der Waals surface area contributed by atoms with Gasteiger partial charge in [0.2, 0.25) is 11.8 Å². The third kappa shape index (κ3) is 3.80. The van der Waals surface area contributed by atoms with Crippen LogP contribution < -0.4 is 4.90 Å². The van der Waals surface area contributed by atoms with Crippen molar-refractivity contribution in [1.29, 1.82) is 0 Å². The van der Waals surface area contributed by atoms with Crippen molar-refractivity contribution in [2.45, 2.75) is 47.7 Å². The van der Waals surface area contributed by atoms with Gasteiger partial charge in [0.05, 0.1) is 38.3 Å². The Balaban J connectivity index is 1.34. The van der Waals surface area contributed by atoms with Crippen molar-refractivity contribution in [2.24, 2.45) is 11.8 Å². The maximum Gasteiger partial charge on any atom is 0.338 e. The highest BCUT2D eigenvalue weighted by atomic mass is 79.9. The number of anilines is 1. The second-order valence-electron chi connectivity index (χ2n) is 10.6. The van der Waals surface area contributed by atoms with Crippen LogP contribution in [0.2, 0.25) is 0 Å². The van der Waals surface area contributed by atoms with Gasteiger partial charge in [0.1, 0.15) is 0 Å². The van der Waals surface area contributed by atoms with E-state index in [1.54, 1.807) is 24.3 Å². The van der Waals surface area contributed by atoms with E-state index in [4.69, 9.17) is 4.74 Å². The zero-order valence-electron chi connectivity index (χ0n) is 21.7. The molecule has 0 N–H and O–H groups in total. The number of alkyl halides is 2. The molecule has 4 aliphatic rings. The van der Waals surface area contributed by atoms with Crippen LogP contribution in [0.3, 0.4) is 0 Å². The average Bonchev–Trinajstić information content (AvgIpc) is 3.24. The van der Waals surface area contributed by atoms with E-state index in [0.717, 1.165) is 47.9 Å². The molecule has 39 heavy (non-hydrogen) atoms. The standard InChI is InChI=1S/C32H29Br2NO4/c1-2-3-4-5-10-18-39-30(38)20-12-11-13-21(19-20)35-28(36)26-27(29(35)37)32(34)23-15-7-6-14-22(23)31(26,33)24-16-8-9-17-25(24)32/h6-9,11-17,19,26-27H,2-5,10,18H2,1H3. The first kappa shape index (κ1) is 26.5. The monoisotopic (exact) mass is 649 g/mol. The molecule has 0 saturated carbocycles. The zero-order chi connectivity index (χ0) is 27.4. The molecule has 0 aromatic heterocycles. The minimum absolute atomic E-state index is 0.281. The van der Waals surface area contributed by atoms with Crippen molar-refractivity contribution in [2.75, 3.05) is 11.5 Å². The van der Waals surface area contributed by atoms with Gasteiger partial charge in [0.15, 0.2) is 0 Å². The van der Waals surface area contributed by atoms with Crippen LogP contribution in [-0.4, -0.2) is 24.4 Å². The summed E-state index contributed by atoms with van der Waals surface area (Å²) in [6.07, 6.45) is 5.31. The molecule has 2 atom stereocenters. The molecule has 3 aromatic carbocycles. The predicted molar refractivity (Wildman–Crippen MR) is 157 cm³/mol. The van der Waals surface area contributed by atoms with E-state index in [1.807, 2.05) is 48.5 Å². The number of imide groups is 1. The Bertz CT molecular complexity index is 1360. The van der Waals surface area contributed by atoms with Crippen LogP contribution >= 0.6 is 31.9 Å². The molecule has 3 aromatic rings. The molecule has 200 valence electrons. The van der Waals surface area contributed by atoms with E-state index < -0.39 is 26.5 Å². The average molecular weight is 651 g/mol. The zero-order valence-corrected chi connectivity index (χ0v) is 24.8. The van der Waals surface area contributed by atoms with Gasteiger partial charge >= 0.3 is 5.97 Å². The first-order chi connectivity index (χ1) is 18.8. The molecule has 1 heterocycles. The Morgan fingerprint density at radius 1 is 0.769 bits per heavy atom. The van der Waals surface area contributed by atoms with Crippen LogP contribution in [0.4, 0.5) is 5.69 Å². The number of esters is 1. The van der Waals surface area contributed by atoms with Gasteiger partial charge in [-0.3, -0.25) is 9.59 Å². The van der Waals surface area contributed by atoms with Crippen molar-refractivity contribution < 1.29 is 19.1 Å². The highest BCUT2D eigenvalue weighted by molar-refractivity contribution is 9.10. The maximum atomic E-state index is 14.2. The van der Waals surface area contributed by atoms with E-state index >= 15 is 0 Å². The fourth-order valence-corrected chi connectivity index (χ4v) is 8.95. The maximum absolute atomic E-state index is 14.2. The van der Waals surface area contributed by atoms with Crippen LogP contribution in [0.15, 0.2) is 72.8 Å². The topological polar surface area (TPSA) is 63.7 Å². The highest BCUT2D eigenvalue weighted by Gasteiger charge is 2.72. The van der Waals surface area contributed by atoms with Crippen molar-refractivity contribution in [3.8, 4) is 0 Å². The molecule has 1 saturated heterocycles. The largest absolute Gasteiger partial charge is 0.462 e. The lowest BCUT2D eigenvalue weighted by Gasteiger charge is -2.55. The predicted octanol–water partition coefficient (Wildman–Crippen LogP) is 7.22. The van der Waals surface area contributed by atoms with Gasteiger partial charge < -0.3 is 4.74 Å². The van der Waals surface area contributed by atoms with Gasteiger partial charge in [0.25, 0.3) is 0 Å². The summed E-state index contributed by atoms with van der Waals surface area (Å²) < 4.78 is 3.79. The smallest absolute Gasteiger partial charge is 0.338 e. The third-order valence-corrected chi connectivity index (χ3v) is 11.1. The van der Waals surface area contributed by atoms with Gasteiger partial charge in [-0.2, -0.15) is 0 Å². The lowest BCUT2D eigenvalue weighted by molar-refractivity contribution is -0.122. The number of amides is 2. The second-order valence-corrected chi connectivity index (χ2v) is 13.1. The summed E-state index contributed by atoms with van der Waals surface area (Å²) >= 11 is 8.05. The number of benzene rings is 3. The molecular formula is C32H29Br2NO4. The lowest BCUT2D eigenvalue weighted by atomic mass is 9.54. The summed E-state index contributed by atoms with van der Waals surface area (Å²) in [5, 5.41) is 0. The number of carbonyl (C=O) groups is 3. The molecule has 1 aliphatic heterocycles. The molecule has 2 amide bonds. The van der Waals surface area contributed by atoms with E-state index in [1.165, 1.54) is 11.3 Å². The van der Waals surface area contributed by atoms with Crippen LogP contribution in [0, 0.1) is 11.8 Å². The van der Waals surface area contributed by atoms with E-state index in [-0.39, 0.29) is 11.8 Å². The number of nitrogens with zero attached hydrogens (tertiary/aromatic N) is 1. The molecular weight excluding hydrogens is 622 g/mol. The summed E-state index contributed by atoms with van der Waals surface area (Å²) in [6, 6.07) is 22.7. The molecule has 7 heteroatoms. The Labute approximate surface area is 245 Å². The Hall–Kier alpha value is -2.77. The quantitative estimate of drug-likeness (QED) is 0.112. The molecule has 0 radical (unpaired) electrons. The second kappa shape index (κ2) is 10.0. The molecule has 7 rings (SSSR count). The van der Waals surface area contributed by atoms with Crippen molar-refractivity contribution in [3.63, 3.8) is 0 Å². The first-order valence-corrected chi connectivity index (χ1v) is 15.2. The fourth-order valence-electron chi connectivity index (χ4n) is 6.65. The van der Waals surface area contributed by atoms with Gasteiger partial charge in [0, 0.05) is 0 Å². The summed E-state index contributed by atoms with van der Waals surface area (Å²) in [5.74, 6) is -2.33. The molecule has 2 bridgehead atoms. The van der Waals surface area contributed by atoms with Gasteiger partial charge in [-0.15, -0.1) is 0 Å².